The van der Waals surface area contributed by atoms with E-state index in [0.29, 0.717) is 24.3 Å². The maximum absolute atomic E-state index is 12.7. The number of benzene rings is 2. The highest BCUT2D eigenvalue weighted by atomic mass is 32.2. The summed E-state index contributed by atoms with van der Waals surface area (Å²) in [6, 6.07) is 12.1. The first-order chi connectivity index (χ1) is 11.8. The molecule has 0 aliphatic heterocycles. The molecule has 0 unspecified atom stereocenters. The number of amides is 1. The molecule has 25 heavy (non-hydrogen) atoms. The minimum absolute atomic E-state index is 0.136. The Morgan fingerprint density at radius 2 is 1.64 bits per heavy atom. The number of hydrogen-bond acceptors (Lipinski definition) is 3. The van der Waals surface area contributed by atoms with Crippen LogP contribution in [0.1, 0.15) is 35.3 Å². The zero-order valence-electron chi connectivity index (χ0n) is 15.0. The number of rotatable bonds is 6. The molecule has 2 aromatic rings. The minimum atomic E-state index is -3.60. The highest BCUT2D eigenvalue weighted by Crippen LogP contribution is 2.21. The predicted octanol–water partition coefficient (Wildman–Crippen LogP) is 3.59. The van der Waals surface area contributed by atoms with E-state index < -0.39 is 10.0 Å². The van der Waals surface area contributed by atoms with Gasteiger partial charge in [0.25, 0.3) is 5.91 Å². The molecular weight excluding hydrogens is 336 g/mol. The molecule has 1 N–H and O–H groups in total. The van der Waals surface area contributed by atoms with Crippen molar-refractivity contribution in [3.8, 4) is 0 Å². The molecule has 0 atom stereocenters. The Morgan fingerprint density at radius 3 is 2.24 bits per heavy atom. The Hall–Kier alpha value is -2.18. The van der Waals surface area contributed by atoms with E-state index in [4.69, 9.17) is 0 Å². The highest BCUT2D eigenvalue weighted by Gasteiger charge is 2.23. The topological polar surface area (TPSA) is 66.5 Å². The molecule has 6 heteroatoms. The van der Waals surface area contributed by atoms with Gasteiger partial charge < -0.3 is 5.32 Å². The van der Waals surface area contributed by atoms with Gasteiger partial charge in [0, 0.05) is 24.3 Å². The minimum Gasteiger partial charge on any atom is -0.322 e. The molecule has 1 amide bonds. The van der Waals surface area contributed by atoms with Gasteiger partial charge in [0.1, 0.15) is 0 Å². The largest absolute Gasteiger partial charge is 0.322 e. The van der Waals surface area contributed by atoms with Gasteiger partial charge in [-0.2, -0.15) is 4.31 Å². The molecular formula is C19H24N2O3S. The summed E-state index contributed by atoms with van der Waals surface area (Å²) < 4.78 is 26.8. The van der Waals surface area contributed by atoms with Crippen LogP contribution in [0.5, 0.6) is 0 Å². The van der Waals surface area contributed by atoms with E-state index in [0.717, 1.165) is 11.1 Å². The first-order valence-electron chi connectivity index (χ1n) is 8.29. The fourth-order valence-corrected chi connectivity index (χ4v) is 4.11. The van der Waals surface area contributed by atoms with Gasteiger partial charge in [-0.05, 0) is 43.2 Å². The van der Waals surface area contributed by atoms with Gasteiger partial charge >= 0.3 is 0 Å². The van der Waals surface area contributed by atoms with Crippen molar-refractivity contribution in [2.75, 3.05) is 18.4 Å². The smallest absolute Gasteiger partial charge is 0.255 e. The highest BCUT2D eigenvalue weighted by molar-refractivity contribution is 7.89. The molecule has 0 fully saturated rings. The fraction of sp³-hybridized carbons (Fsp3) is 0.316. The summed E-state index contributed by atoms with van der Waals surface area (Å²) in [6.07, 6.45) is 0. The van der Waals surface area contributed by atoms with E-state index in [-0.39, 0.29) is 10.8 Å². The average molecular weight is 360 g/mol. The van der Waals surface area contributed by atoms with Crippen LogP contribution < -0.4 is 5.32 Å². The monoisotopic (exact) mass is 360 g/mol. The second-order valence-electron chi connectivity index (χ2n) is 5.84. The number of nitrogens with one attached hydrogen (secondary N) is 1. The number of carbonyl (C=O) groups excluding carboxylic acids is 1. The Bertz CT molecular complexity index is 872. The van der Waals surface area contributed by atoms with Crippen LogP contribution in [0.25, 0.3) is 0 Å². The third-order valence-corrected chi connectivity index (χ3v) is 6.24. The first-order valence-corrected chi connectivity index (χ1v) is 9.73. The summed E-state index contributed by atoms with van der Waals surface area (Å²) in [7, 11) is -3.60. The standard InChI is InChI=1S/C19H24N2O3S/c1-5-21(6-2)25(23,24)16-12-11-14(3)17(13-16)19(22)20-18-10-8-7-9-15(18)4/h7-13H,5-6H2,1-4H3,(H,20,22). The molecule has 0 aromatic heterocycles. The molecule has 0 saturated carbocycles. The van der Waals surface area contributed by atoms with Crippen molar-refractivity contribution < 1.29 is 13.2 Å². The Kier molecular flexibility index (Phi) is 5.98. The lowest BCUT2D eigenvalue weighted by molar-refractivity contribution is 0.102. The predicted molar refractivity (Wildman–Crippen MR) is 100 cm³/mol. The summed E-state index contributed by atoms with van der Waals surface area (Å²) in [5, 5.41) is 2.86. The number of aryl methyl sites for hydroxylation is 2. The number of hydrogen-bond donors (Lipinski definition) is 1. The average Bonchev–Trinajstić information content (AvgIpc) is 2.58. The number of anilines is 1. The van der Waals surface area contributed by atoms with Crippen molar-refractivity contribution in [2.45, 2.75) is 32.6 Å². The summed E-state index contributed by atoms with van der Waals surface area (Å²) >= 11 is 0. The zero-order valence-corrected chi connectivity index (χ0v) is 15.9. The zero-order chi connectivity index (χ0) is 18.6. The Labute approximate surface area is 149 Å². The third-order valence-electron chi connectivity index (χ3n) is 4.19. The summed E-state index contributed by atoms with van der Waals surface area (Å²) in [6.45, 7) is 8.06. The molecule has 2 aromatic carbocycles. The van der Waals surface area contributed by atoms with E-state index >= 15 is 0 Å². The van der Waals surface area contributed by atoms with Crippen molar-refractivity contribution in [2.24, 2.45) is 0 Å². The van der Waals surface area contributed by atoms with Crippen LogP contribution in [0.15, 0.2) is 47.4 Å². The van der Waals surface area contributed by atoms with Crippen molar-refractivity contribution in [3.05, 3.63) is 59.2 Å². The second-order valence-corrected chi connectivity index (χ2v) is 7.77. The van der Waals surface area contributed by atoms with Gasteiger partial charge in [-0.1, -0.05) is 38.1 Å². The van der Waals surface area contributed by atoms with E-state index in [9.17, 15) is 13.2 Å². The van der Waals surface area contributed by atoms with E-state index in [1.54, 1.807) is 32.9 Å². The van der Waals surface area contributed by atoms with Crippen LogP contribution in [0.3, 0.4) is 0 Å². The summed E-state index contributed by atoms with van der Waals surface area (Å²) in [4.78, 5) is 12.8. The van der Waals surface area contributed by atoms with Crippen LogP contribution in [0.4, 0.5) is 5.69 Å². The lowest BCUT2D eigenvalue weighted by Crippen LogP contribution is -2.30. The second kappa shape index (κ2) is 7.80. The van der Waals surface area contributed by atoms with Crippen molar-refractivity contribution in [1.29, 1.82) is 0 Å². The van der Waals surface area contributed by atoms with E-state index in [1.807, 2.05) is 31.2 Å². The van der Waals surface area contributed by atoms with Crippen LogP contribution in [0, 0.1) is 13.8 Å². The van der Waals surface area contributed by atoms with Crippen molar-refractivity contribution in [1.82, 2.24) is 4.31 Å². The molecule has 0 spiro atoms. The maximum atomic E-state index is 12.7. The van der Waals surface area contributed by atoms with Gasteiger partial charge in [0.05, 0.1) is 4.90 Å². The van der Waals surface area contributed by atoms with Crippen LogP contribution in [0.2, 0.25) is 0 Å². The molecule has 0 heterocycles. The lowest BCUT2D eigenvalue weighted by Gasteiger charge is -2.19. The van der Waals surface area contributed by atoms with Gasteiger partial charge in [-0.3, -0.25) is 4.79 Å². The molecule has 0 bridgehead atoms. The van der Waals surface area contributed by atoms with Crippen molar-refractivity contribution in [3.63, 3.8) is 0 Å². The van der Waals surface area contributed by atoms with Gasteiger partial charge in [-0.25, -0.2) is 8.42 Å². The van der Waals surface area contributed by atoms with E-state index in [1.165, 1.54) is 10.4 Å². The molecule has 5 nitrogen and oxygen atoms in total. The summed E-state index contributed by atoms with van der Waals surface area (Å²) in [5.41, 5.74) is 2.74. The molecule has 2 rings (SSSR count). The van der Waals surface area contributed by atoms with Gasteiger partial charge in [-0.15, -0.1) is 0 Å². The Balaban J connectivity index is 2.39. The molecule has 0 aliphatic carbocycles. The van der Waals surface area contributed by atoms with Crippen LogP contribution in [-0.2, 0) is 10.0 Å². The number of sulfonamides is 1. The van der Waals surface area contributed by atoms with Crippen LogP contribution >= 0.6 is 0 Å². The lowest BCUT2D eigenvalue weighted by atomic mass is 10.1. The fourth-order valence-electron chi connectivity index (χ4n) is 2.62. The molecule has 134 valence electrons. The maximum Gasteiger partial charge on any atom is 0.255 e. The van der Waals surface area contributed by atoms with E-state index in [2.05, 4.69) is 5.32 Å². The normalized spacial score (nSPS) is 11.6. The first kappa shape index (κ1) is 19.1. The summed E-state index contributed by atoms with van der Waals surface area (Å²) in [5.74, 6) is -0.316. The quantitative estimate of drug-likeness (QED) is 0.856. The Morgan fingerprint density at radius 1 is 1.00 bits per heavy atom. The molecule has 0 saturated heterocycles. The van der Waals surface area contributed by atoms with Gasteiger partial charge in [0.2, 0.25) is 10.0 Å². The molecule has 0 radical (unpaired) electrons. The van der Waals surface area contributed by atoms with Gasteiger partial charge in [0.15, 0.2) is 0 Å². The third kappa shape index (κ3) is 4.08. The molecule has 0 aliphatic rings. The number of nitrogens with zero attached hydrogens (tertiary/aromatic N) is 1. The van der Waals surface area contributed by atoms with Crippen LogP contribution in [-0.4, -0.2) is 31.7 Å². The number of carbonyl (C=O) groups is 1. The van der Waals surface area contributed by atoms with Crippen molar-refractivity contribution >= 4 is 21.6 Å². The number of para-hydroxylation sites is 1. The SMILES string of the molecule is CCN(CC)S(=O)(=O)c1ccc(C)c(C(=O)Nc2ccccc2C)c1.